The minimum Gasteiger partial charge on any atom is -0.376 e. The van der Waals surface area contributed by atoms with Crippen molar-refractivity contribution in [1.29, 1.82) is 0 Å². The summed E-state index contributed by atoms with van der Waals surface area (Å²) in [6.45, 7) is 4.60. The van der Waals surface area contributed by atoms with Gasteiger partial charge in [-0.2, -0.15) is 10.2 Å². The predicted molar refractivity (Wildman–Crippen MR) is 113 cm³/mol. The summed E-state index contributed by atoms with van der Waals surface area (Å²) in [6, 6.07) is 17.2. The van der Waals surface area contributed by atoms with Gasteiger partial charge in [-0.05, 0) is 37.6 Å². The summed E-state index contributed by atoms with van der Waals surface area (Å²) in [6.07, 6.45) is 1.63. The van der Waals surface area contributed by atoms with Crippen molar-refractivity contribution < 1.29 is 4.79 Å². The van der Waals surface area contributed by atoms with E-state index in [1.807, 2.05) is 73.1 Å². The number of hydrogen-bond acceptors (Lipinski definition) is 4. The molecule has 0 fully saturated rings. The molecule has 2 N–H and O–H groups in total. The normalized spacial score (nSPS) is 11.0. The SMILES string of the molecule is Cc1nn(Cc2ccccc2Cl)c(C)c1/C=N\NC(=O)CNc1ccccc1. The van der Waals surface area contributed by atoms with Crippen LogP contribution in [0.3, 0.4) is 0 Å². The first kappa shape index (κ1) is 19.6. The highest BCUT2D eigenvalue weighted by Gasteiger charge is 2.11. The molecule has 28 heavy (non-hydrogen) atoms. The van der Waals surface area contributed by atoms with Crippen LogP contribution in [0.15, 0.2) is 59.7 Å². The van der Waals surface area contributed by atoms with E-state index in [1.54, 1.807) is 6.21 Å². The van der Waals surface area contributed by atoms with E-state index in [2.05, 4.69) is 20.9 Å². The number of aromatic nitrogens is 2. The van der Waals surface area contributed by atoms with E-state index in [1.165, 1.54) is 0 Å². The molecule has 0 aliphatic rings. The van der Waals surface area contributed by atoms with Gasteiger partial charge in [0.05, 0.1) is 25.0 Å². The van der Waals surface area contributed by atoms with Gasteiger partial charge in [0, 0.05) is 22.0 Å². The summed E-state index contributed by atoms with van der Waals surface area (Å²) >= 11 is 6.24. The van der Waals surface area contributed by atoms with Gasteiger partial charge in [0.15, 0.2) is 0 Å². The zero-order chi connectivity index (χ0) is 19.9. The van der Waals surface area contributed by atoms with Gasteiger partial charge in [-0.25, -0.2) is 5.43 Å². The molecule has 1 aromatic heterocycles. The number of nitrogens with zero attached hydrogens (tertiary/aromatic N) is 3. The molecule has 0 atom stereocenters. The van der Waals surface area contributed by atoms with Crippen molar-refractivity contribution in [3.8, 4) is 0 Å². The van der Waals surface area contributed by atoms with E-state index in [-0.39, 0.29) is 12.5 Å². The average Bonchev–Trinajstić information content (AvgIpc) is 2.96. The lowest BCUT2D eigenvalue weighted by atomic mass is 10.2. The fourth-order valence-corrected chi connectivity index (χ4v) is 2.98. The minimum absolute atomic E-state index is 0.144. The number of benzene rings is 2. The van der Waals surface area contributed by atoms with Crippen molar-refractivity contribution in [1.82, 2.24) is 15.2 Å². The Kier molecular flexibility index (Phi) is 6.45. The molecule has 1 heterocycles. The van der Waals surface area contributed by atoms with Gasteiger partial charge in [0.1, 0.15) is 0 Å². The summed E-state index contributed by atoms with van der Waals surface area (Å²) in [5.74, 6) is -0.223. The van der Waals surface area contributed by atoms with Crippen LogP contribution in [0, 0.1) is 13.8 Å². The lowest BCUT2D eigenvalue weighted by Gasteiger charge is -2.06. The van der Waals surface area contributed by atoms with E-state index in [0.717, 1.165) is 28.2 Å². The maximum atomic E-state index is 11.9. The molecule has 0 unspecified atom stereocenters. The van der Waals surface area contributed by atoms with Gasteiger partial charge in [-0.3, -0.25) is 9.48 Å². The number of anilines is 1. The first-order chi connectivity index (χ1) is 13.5. The Balaban J connectivity index is 1.60. The third-order valence-electron chi connectivity index (χ3n) is 4.33. The van der Waals surface area contributed by atoms with Gasteiger partial charge in [-0.15, -0.1) is 0 Å². The molecule has 0 saturated carbocycles. The van der Waals surface area contributed by atoms with Crippen LogP contribution in [0.1, 0.15) is 22.5 Å². The number of carbonyl (C=O) groups is 1. The molecule has 0 radical (unpaired) electrons. The first-order valence-electron chi connectivity index (χ1n) is 8.93. The molecule has 1 amide bonds. The quantitative estimate of drug-likeness (QED) is 0.472. The highest BCUT2D eigenvalue weighted by molar-refractivity contribution is 6.31. The van der Waals surface area contributed by atoms with Crippen molar-refractivity contribution in [2.75, 3.05) is 11.9 Å². The van der Waals surface area contributed by atoms with Gasteiger partial charge >= 0.3 is 0 Å². The Labute approximate surface area is 169 Å². The van der Waals surface area contributed by atoms with Crippen LogP contribution in [-0.2, 0) is 11.3 Å². The summed E-state index contributed by atoms with van der Waals surface area (Å²) in [7, 11) is 0. The summed E-state index contributed by atoms with van der Waals surface area (Å²) in [4.78, 5) is 11.9. The van der Waals surface area contributed by atoms with Crippen LogP contribution in [0.5, 0.6) is 0 Å². The van der Waals surface area contributed by atoms with Crippen LogP contribution in [0.2, 0.25) is 5.02 Å². The number of carbonyl (C=O) groups excluding carboxylic acids is 1. The molecule has 0 aliphatic carbocycles. The van der Waals surface area contributed by atoms with E-state index >= 15 is 0 Å². The number of hydrazone groups is 1. The number of para-hydroxylation sites is 1. The number of halogens is 1. The molecule has 0 spiro atoms. The smallest absolute Gasteiger partial charge is 0.259 e. The van der Waals surface area contributed by atoms with E-state index < -0.39 is 0 Å². The summed E-state index contributed by atoms with van der Waals surface area (Å²) < 4.78 is 1.89. The van der Waals surface area contributed by atoms with Crippen LogP contribution >= 0.6 is 11.6 Å². The maximum Gasteiger partial charge on any atom is 0.259 e. The number of nitrogens with one attached hydrogen (secondary N) is 2. The van der Waals surface area contributed by atoms with Crippen LogP contribution in [-0.4, -0.2) is 28.4 Å². The second-order valence-corrected chi connectivity index (χ2v) is 6.75. The second kappa shape index (κ2) is 9.19. The third kappa shape index (κ3) is 4.98. The number of rotatable bonds is 7. The van der Waals surface area contributed by atoms with Crippen LogP contribution in [0.25, 0.3) is 0 Å². The van der Waals surface area contributed by atoms with Gasteiger partial charge < -0.3 is 5.32 Å². The number of hydrogen-bond donors (Lipinski definition) is 2. The Morgan fingerprint density at radius 1 is 1.14 bits per heavy atom. The first-order valence-corrected chi connectivity index (χ1v) is 9.30. The Hall–Kier alpha value is -3.12. The molecule has 0 bridgehead atoms. The minimum atomic E-state index is -0.223. The molecule has 2 aromatic carbocycles. The highest BCUT2D eigenvalue weighted by Crippen LogP contribution is 2.18. The largest absolute Gasteiger partial charge is 0.376 e. The lowest BCUT2D eigenvalue weighted by Crippen LogP contribution is -2.25. The Morgan fingerprint density at radius 3 is 2.61 bits per heavy atom. The summed E-state index contributed by atoms with van der Waals surface area (Å²) in [5.41, 5.74) is 7.09. The fraction of sp³-hybridized carbons (Fsp3) is 0.190. The third-order valence-corrected chi connectivity index (χ3v) is 4.69. The standard InChI is InChI=1S/C21H22ClN5O/c1-15-19(12-24-25-21(28)13-23-18-9-4-3-5-10-18)16(2)27(26-15)14-17-8-6-7-11-20(17)22/h3-12,23H,13-14H2,1-2H3,(H,25,28)/b24-12-. The molecule has 6 nitrogen and oxygen atoms in total. The molecule has 0 aliphatic heterocycles. The van der Waals surface area contributed by atoms with Crippen molar-refractivity contribution in [3.05, 3.63) is 82.1 Å². The van der Waals surface area contributed by atoms with E-state index in [0.29, 0.717) is 11.6 Å². The Morgan fingerprint density at radius 2 is 1.86 bits per heavy atom. The van der Waals surface area contributed by atoms with Crippen molar-refractivity contribution in [2.24, 2.45) is 5.10 Å². The zero-order valence-corrected chi connectivity index (χ0v) is 16.6. The van der Waals surface area contributed by atoms with E-state index in [9.17, 15) is 4.79 Å². The highest BCUT2D eigenvalue weighted by atomic mass is 35.5. The van der Waals surface area contributed by atoms with Gasteiger partial charge in [0.25, 0.3) is 5.91 Å². The zero-order valence-electron chi connectivity index (χ0n) is 15.8. The topological polar surface area (TPSA) is 71.3 Å². The Bertz CT molecular complexity index is 982. The predicted octanol–water partition coefficient (Wildman–Crippen LogP) is 3.76. The fourth-order valence-electron chi connectivity index (χ4n) is 2.79. The van der Waals surface area contributed by atoms with Crippen molar-refractivity contribution in [2.45, 2.75) is 20.4 Å². The van der Waals surface area contributed by atoms with Crippen LogP contribution in [0.4, 0.5) is 5.69 Å². The molecular weight excluding hydrogens is 374 g/mol. The van der Waals surface area contributed by atoms with Crippen molar-refractivity contribution >= 4 is 29.4 Å². The summed E-state index contributed by atoms with van der Waals surface area (Å²) in [5, 5.41) is 12.4. The lowest BCUT2D eigenvalue weighted by molar-refractivity contribution is -0.119. The monoisotopic (exact) mass is 395 g/mol. The maximum absolute atomic E-state index is 11.9. The average molecular weight is 396 g/mol. The van der Waals surface area contributed by atoms with Crippen LogP contribution < -0.4 is 10.7 Å². The number of aryl methyl sites for hydroxylation is 1. The molecule has 144 valence electrons. The second-order valence-electron chi connectivity index (χ2n) is 6.35. The van der Waals surface area contributed by atoms with Gasteiger partial charge in [0.2, 0.25) is 0 Å². The molecule has 7 heteroatoms. The van der Waals surface area contributed by atoms with Gasteiger partial charge in [-0.1, -0.05) is 48.0 Å². The van der Waals surface area contributed by atoms with E-state index in [4.69, 9.17) is 11.6 Å². The molecule has 3 aromatic rings. The van der Waals surface area contributed by atoms with Crippen molar-refractivity contribution in [3.63, 3.8) is 0 Å². The molecule has 0 saturated heterocycles. The molecular formula is C21H22ClN5O. The number of amides is 1. The molecule has 3 rings (SSSR count).